The van der Waals surface area contributed by atoms with Gasteiger partial charge in [0.2, 0.25) is 47.3 Å². The van der Waals surface area contributed by atoms with Gasteiger partial charge in [-0.1, -0.05) is 18.2 Å². The van der Waals surface area contributed by atoms with Gasteiger partial charge in [-0.2, -0.15) is 0 Å². The Hall–Kier alpha value is -5.88. The van der Waals surface area contributed by atoms with Crippen LogP contribution < -0.4 is 42.5 Å². The first-order chi connectivity index (χ1) is 24.4. The van der Waals surface area contributed by atoms with Crippen LogP contribution in [0.3, 0.4) is 0 Å². The molecule has 1 aromatic heterocycles. The predicted octanol–water partition coefficient (Wildman–Crippen LogP) is -3.04. The second-order valence-electron chi connectivity index (χ2n) is 11.7. The van der Waals surface area contributed by atoms with Gasteiger partial charge in [-0.05, 0) is 30.9 Å². The highest BCUT2D eigenvalue weighted by molar-refractivity contribution is 5.96. The Bertz CT molecular complexity index is 1550. The number of nitrogens with one attached hydrogen (secondary N) is 9. The highest BCUT2D eigenvalue weighted by Crippen LogP contribution is 2.11. The van der Waals surface area contributed by atoms with Crippen molar-refractivity contribution in [1.82, 2.24) is 52.5 Å². The maximum atomic E-state index is 14.7. The van der Waals surface area contributed by atoms with Gasteiger partial charge in [0.15, 0.2) is 0 Å². The molecule has 2 aromatic rings. The van der Waals surface area contributed by atoms with Gasteiger partial charge in [-0.3, -0.25) is 38.4 Å². The fourth-order valence-corrected chi connectivity index (χ4v) is 4.85. The molecular weight excluding hydrogens is 671 g/mol. The quantitative estimate of drug-likeness (QED) is 0.141. The topological polar surface area (TPSA) is 261 Å². The molecule has 18 nitrogen and oxygen atoms in total. The average molecular weight is 715 g/mol. The molecule has 51 heavy (non-hydrogen) atoms. The third-order valence-corrected chi connectivity index (χ3v) is 7.55. The molecule has 1 aliphatic rings. The number of amides is 8. The van der Waals surface area contributed by atoms with Crippen molar-refractivity contribution in [3.63, 3.8) is 0 Å². The van der Waals surface area contributed by atoms with Gasteiger partial charge in [-0.15, -0.1) is 0 Å². The van der Waals surface area contributed by atoms with E-state index in [1.54, 1.807) is 0 Å². The minimum absolute atomic E-state index is 0.0748. The van der Waals surface area contributed by atoms with E-state index in [0.29, 0.717) is 18.5 Å². The summed E-state index contributed by atoms with van der Waals surface area (Å²) in [6, 6.07) is 1.42. The Kier molecular flexibility index (Phi) is 16.0. The number of benzene rings is 1. The second-order valence-corrected chi connectivity index (χ2v) is 11.7. The number of H-pyrrole nitrogens is 1. The summed E-state index contributed by atoms with van der Waals surface area (Å²) in [5, 5.41) is 20.0. The first kappa shape index (κ1) is 39.6. The molecular formula is C32H43FN10O8. The molecule has 8 amide bonds. The summed E-state index contributed by atoms with van der Waals surface area (Å²) in [7, 11) is 0. The van der Waals surface area contributed by atoms with Crippen molar-refractivity contribution in [1.29, 1.82) is 0 Å². The van der Waals surface area contributed by atoms with E-state index >= 15 is 0 Å². The number of nitrogens with zero attached hydrogens (tertiary/aromatic N) is 1. The SMILES string of the molecule is CC(=O)NCC(=O)N[C@H]1CCC(=O)NCCCCNC(=O)CNC(=O)CNC(=O)[C@@H](Cc2ccccc2F)NC(=O)[C@H](Cc2cnc[nH]2)NC1=O. The maximum Gasteiger partial charge on any atom is 0.243 e. The first-order valence-electron chi connectivity index (χ1n) is 16.3. The molecule has 3 atom stereocenters. The summed E-state index contributed by atoms with van der Waals surface area (Å²) in [5.74, 6) is -6.06. The molecule has 3 rings (SSSR count). The lowest BCUT2D eigenvalue weighted by Crippen LogP contribution is -2.58. The molecule has 9 N–H and O–H groups in total. The maximum absolute atomic E-state index is 14.7. The van der Waals surface area contributed by atoms with Crippen LogP contribution in [0.2, 0.25) is 0 Å². The van der Waals surface area contributed by atoms with Crippen LogP contribution >= 0.6 is 0 Å². The van der Waals surface area contributed by atoms with Crippen LogP contribution in [0.15, 0.2) is 36.8 Å². The minimum Gasteiger partial charge on any atom is -0.356 e. The van der Waals surface area contributed by atoms with E-state index in [4.69, 9.17) is 0 Å². The molecule has 1 aliphatic heterocycles. The largest absolute Gasteiger partial charge is 0.356 e. The lowest BCUT2D eigenvalue weighted by atomic mass is 10.0. The van der Waals surface area contributed by atoms with E-state index in [1.807, 2.05) is 0 Å². The van der Waals surface area contributed by atoms with Crippen LogP contribution in [0.4, 0.5) is 4.39 Å². The standard InChI is InChI=1S/C32H43FN10O8/c1-19(44)37-17-29(48)41-23-8-9-26(45)35-10-4-5-11-36-27(46)15-38-28(47)16-39-30(49)24(12-20-6-2-3-7-22(20)33)42-32(51)25(43-31(23)50)13-21-14-34-18-40-21/h2-3,6-7,14,18,23-25H,4-5,8-13,15-17H2,1H3,(H,34,40)(H,35,45)(H,36,46)(H,37,44)(H,38,47)(H,39,49)(H,41,48)(H,42,51)(H,43,50)/t23-,24+,25-/m0/s1. The van der Waals surface area contributed by atoms with Crippen molar-refractivity contribution < 1.29 is 42.7 Å². The molecule has 1 saturated heterocycles. The van der Waals surface area contributed by atoms with Crippen molar-refractivity contribution in [2.24, 2.45) is 0 Å². The summed E-state index contributed by atoms with van der Waals surface area (Å²) in [6.45, 7) is 0.349. The van der Waals surface area contributed by atoms with Crippen molar-refractivity contribution in [2.75, 3.05) is 32.7 Å². The van der Waals surface area contributed by atoms with Gasteiger partial charge in [0.25, 0.3) is 0 Å². The van der Waals surface area contributed by atoms with Crippen molar-refractivity contribution in [2.45, 2.75) is 63.6 Å². The van der Waals surface area contributed by atoms with E-state index in [2.05, 4.69) is 52.5 Å². The van der Waals surface area contributed by atoms with E-state index in [9.17, 15) is 42.7 Å². The number of hydrogen-bond acceptors (Lipinski definition) is 9. The Labute approximate surface area is 292 Å². The molecule has 0 saturated carbocycles. The third kappa shape index (κ3) is 14.6. The minimum atomic E-state index is -1.44. The van der Waals surface area contributed by atoms with Gasteiger partial charge in [0, 0.05) is 51.2 Å². The summed E-state index contributed by atoms with van der Waals surface area (Å²) in [4.78, 5) is 109. The van der Waals surface area contributed by atoms with Crippen LogP contribution in [0.5, 0.6) is 0 Å². The van der Waals surface area contributed by atoms with Gasteiger partial charge >= 0.3 is 0 Å². The predicted molar refractivity (Wildman–Crippen MR) is 177 cm³/mol. The fourth-order valence-electron chi connectivity index (χ4n) is 4.85. The molecule has 0 bridgehead atoms. The van der Waals surface area contributed by atoms with E-state index in [0.717, 1.165) is 0 Å². The van der Waals surface area contributed by atoms with Crippen LogP contribution in [0.1, 0.15) is 43.9 Å². The number of hydrogen-bond donors (Lipinski definition) is 9. The lowest BCUT2D eigenvalue weighted by Gasteiger charge is -2.25. The van der Waals surface area contributed by atoms with Crippen molar-refractivity contribution in [3.8, 4) is 0 Å². The van der Waals surface area contributed by atoms with Gasteiger partial charge < -0.3 is 47.5 Å². The average Bonchev–Trinajstić information content (AvgIpc) is 3.61. The lowest BCUT2D eigenvalue weighted by molar-refractivity contribution is -0.134. The first-order valence-corrected chi connectivity index (χ1v) is 16.3. The smallest absolute Gasteiger partial charge is 0.243 e. The van der Waals surface area contributed by atoms with Crippen LogP contribution in [-0.4, -0.2) is 108 Å². The van der Waals surface area contributed by atoms with E-state index in [-0.39, 0.29) is 50.9 Å². The highest BCUT2D eigenvalue weighted by Gasteiger charge is 2.31. The highest BCUT2D eigenvalue weighted by atomic mass is 19.1. The zero-order valence-corrected chi connectivity index (χ0v) is 28.1. The molecule has 0 unspecified atom stereocenters. The van der Waals surface area contributed by atoms with Gasteiger partial charge in [0.1, 0.15) is 23.9 Å². The van der Waals surface area contributed by atoms with E-state index < -0.39 is 84.3 Å². The molecule has 0 radical (unpaired) electrons. The van der Waals surface area contributed by atoms with Gasteiger partial charge in [-0.25, -0.2) is 9.37 Å². The molecule has 0 spiro atoms. The van der Waals surface area contributed by atoms with E-state index in [1.165, 1.54) is 43.7 Å². The monoisotopic (exact) mass is 714 g/mol. The Morgan fingerprint density at radius 1 is 0.824 bits per heavy atom. The number of carbonyl (C=O) groups excluding carboxylic acids is 8. The number of halogens is 1. The van der Waals surface area contributed by atoms with Crippen LogP contribution in [0, 0.1) is 5.82 Å². The summed E-state index contributed by atoms with van der Waals surface area (Å²) in [6.07, 6.45) is 2.87. The molecule has 1 fully saturated rings. The normalized spacial score (nSPS) is 20.7. The van der Waals surface area contributed by atoms with Crippen molar-refractivity contribution in [3.05, 3.63) is 53.9 Å². The molecule has 2 heterocycles. The molecule has 276 valence electrons. The Balaban J connectivity index is 1.90. The van der Waals surface area contributed by atoms with Gasteiger partial charge in [0.05, 0.1) is 26.0 Å². The summed E-state index contributed by atoms with van der Waals surface area (Å²) in [5.41, 5.74) is 0.486. The zero-order chi connectivity index (χ0) is 37.2. The Morgan fingerprint density at radius 3 is 2.16 bits per heavy atom. The van der Waals surface area contributed by atoms with Crippen molar-refractivity contribution >= 4 is 47.3 Å². The second kappa shape index (κ2) is 20.6. The molecule has 1 aromatic carbocycles. The number of imidazole rings is 1. The third-order valence-electron chi connectivity index (χ3n) is 7.55. The number of aromatic amines is 1. The molecule has 19 heteroatoms. The van der Waals surface area contributed by atoms with Crippen LogP contribution in [0.25, 0.3) is 0 Å². The number of rotatable bonds is 7. The fraction of sp³-hybridized carbons (Fsp3) is 0.469. The summed E-state index contributed by atoms with van der Waals surface area (Å²) >= 11 is 0. The zero-order valence-electron chi connectivity index (χ0n) is 28.1. The molecule has 0 aliphatic carbocycles. The number of carbonyl (C=O) groups is 8. The van der Waals surface area contributed by atoms with Crippen LogP contribution in [-0.2, 0) is 51.2 Å². The summed E-state index contributed by atoms with van der Waals surface area (Å²) < 4.78 is 14.7. The Morgan fingerprint density at radius 2 is 1.47 bits per heavy atom. The number of aromatic nitrogens is 2.